The number of hydrogen-bond acceptors (Lipinski definition) is 2. The Hall–Kier alpha value is -1.82. The van der Waals surface area contributed by atoms with Crippen molar-refractivity contribution >= 4 is 5.91 Å². The summed E-state index contributed by atoms with van der Waals surface area (Å²) in [7, 11) is 0. The van der Waals surface area contributed by atoms with Crippen LogP contribution in [0.5, 0.6) is 0 Å². The van der Waals surface area contributed by atoms with E-state index in [-0.39, 0.29) is 17.9 Å². The van der Waals surface area contributed by atoms with Crippen LogP contribution in [0.1, 0.15) is 23.2 Å². The van der Waals surface area contributed by atoms with E-state index in [1.165, 1.54) is 0 Å². The molecule has 3 heteroatoms. The van der Waals surface area contributed by atoms with E-state index in [0.717, 1.165) is 12.8 Å². The average molecular weight is 200 g/mol. The van der Waals surface area contributed by atoms with Crippen LogP contribution in [0.15, 0.2) is 30.3 Å². The molecule has 1 saturated carbocycles. The van der Waals surface area contributed by atoms with Gasteiger partial charge in [-0.25, -0.2) is 0 Å². The lowest BCUT2D eigenvalue weighted by molar-refractivity contribution is 0.0898. The zero-order valence-electron chi connectivity index (χ0n) is 8.31. The van der Waals surface area contributed by atoms with E-state index in [9.17, 15) is 4.79 Å². The molecule has 0 unspecified atom stereocenters. The maximum absolute atomic E-state index is 11.7. The molecule has 3 nitrogen and oxygen atoms in total. The summed E-state index contributed by atoms with van der Waals surface area (Å²) < 4.78 is 0. The van der Waals surface area contributed by atoms with Gasteiger partial charge >= 0.3 is 0 Å². The van der Waals surface area contributed by atoms with Crippen molar-refractivity contribution in [3.8, 4) is 6.07 Å². The number of carbonyl (C=O) groups is 1. The van der Waals surface area contributed by atoms with Gasteiger partial charge in [0.1, 0.15) is 0 Å². The first kappa shape index (κ1) is 9.72. The summed E-state index contributed by atoms with van der Waals surface area (Å²) in [6.45, 7) is 0. The summed E-state index contributed by atoms with van der Waals surface area (Å²) in [5, 5.41) is 11.6. The zero-order chi connectivity index (χ0) is 10.7. The molecule has 2 atom stereocenters. The molecule has 15 heavy (non-hydrogen) atoms. The lowest BCUT2D eigenvalue weighted by atomic mass is 9.80. The van der Waals surface area contributed by atoms with Crippen LogP contribution in [0.2, 0.25) is 0 Å². The molecule has 2 rings (SSSR count). The molecule has 0 saturated heterocycles. The predicted octanol–water partition coefficient (Wildman–Crippen LogP) is 1.72. The molecule has 1 fully saturated rings. The van der Waals surface area contributed by atoms with E-state index in [2.05, 4.69) is 11.4 Å². The van der Waals surface area contributed by atoms with Crippen LogP contribution in [-0.4, -0.2) is 11.9 Å². The molecule has 1 aromatic rings. The van der Waals surface area contributed by atoms with Crippen LogP contribution in [0.25, 0.3) is 0 Å². The van der Waals surface area contributed by atoms with Gasteiger partial charge in [-0.05, 0) is 25.0 Å². The molecule has 0 radical (unpaired) electrons. The van der Waals surface area contributed by atoms with Crippen molar-refractivity contribution in [2.45, 2.75) is 18.9 Å². The van der Waals surface area contributed by atoms with Gasteiger partial charge in [0.2, 0.25) is 0 Å². The van der Waals surface area contributed by atoms with Crippen molar-refractivity contribution in [2.24, 2.45) is 5.92 Å². The lowest BCUT2D eigenvalue weighted by Crippen LogP contribution is -2.46. The Balaban J connectivity index is 1.97. The highest BCUT2D eigenvalue weighted by molar-refractivity contribution is 5.94. The molecule has 76 valence electrons. The van der Waals surface area contributed by atoms with Gasteiger partial charge in [-0.15, -0.1) is 0 Å². The van der Waals surface area contributed by atoms with Crippen LogP contribution in [0, 0.1) is 17.2 Å². The summed E-state index contributed by atoms with van der Waals surface area (Å²) in [5.41, 5.74) is 0.654. The minimum atomic E-state index is -0.0828. The summed E-state index contributed by atoms with van der Waals surface area (Å²) in [4.78, 5) is 11.7. The lowest BCUT2D eigenvalue weighted by Gasteiger charge is -2.32. The van der Waals surface area contributed by atoms with Crippen molar-refractivity contribution < 1.29 is 4.79 Å². The third-order valence-electron chi connectivity index (χ3n) is 2.79. The van der Waals surface area contributed by atoms with Crippen molar-refractivity contribution in [3.63, 3.8) is 0 Å². The zero-order valence-corrected chi connectivity index (χ0v) is 8.31. The molecular formula is C12H12N2O. The highest BCUT2D eigenvalue weighted by Crippen LogP contribution is 2.26. The van der Waals surface area contributed by atoms with Gasteiger partial charge in [0.05, 0.1) is 12.0 Å². The molecular weight excluding hydrogens is 188 g/mol. The molecule has 1 aromatic carbocycles. The van der Waals surface area contributed by atoms with Crippen LogP contribution in [-0.2, 0) is 0 Å². The second kappa shape index (κ2) is 4.14. The summed E-state index contributed by atoms with van der Waals surface area (Å²) in [5.74, 6) is -0.0850. The topological polar surface area (TPSA) is 52.9 Å². The number of nitrogens with zero attached hydrogens (tertiary/aromatic N) is 1. The second-order valence-corrected chi connectivity index (χ2v) is 3.76. The largest absolute Gasteiger partial charge is 0.348 e. The smallest absolute Gasteiger partial charge is 0.251 e. The number of nitrogens with one attached hydrogen (secondary N) is 1. The highest BCUT2D eigenvalue weighted by Gasteiger charge is 2.31. The monoisotopic (exact) mass is 200 g/mol. The fourth-order valence-corrected chi connectivity index (χ4v) is 1.67. The number of amides is 1. The molecule has 0 aromatic heterocycles. The molecule has 1 aliphatic rings. The van der Waals surface area contributed by atoms with Gasteiger partial charge in [0.25, 0.3) is 5.91 Å². The number of benzene rings is 1. The predicted molar refractivity (Wildman–Crippen MR) is 56.0 cm³/mol. The third-order valence-corrected chi connectivity index (χ3v) is 2.79. The Morgan fingerprint density at radius 2 is 2.07 bits per heavy atom. The summed E-state index contributed by atoms with van der Waals surface area (Å²) in [6.07, 6.45) is 1.81. The van der Waals surface area contributed by atoms with Crippen molar-refractivity contribution in [1.82, 2.24) is 5.32 Å². The minimum absolute atomic E-state index is 0.00216. The Bertz CT molecular complexity index is 394. The van der Waals surface area contributed by atoms with Gasteiger partial charge < -0.3 is 5.32 Å². The van der Waals surface area contributed by atoms with E-state index in [1.54, 1.807) is 12.1 Å². The first-order valence-corrected chi connectivity index (χ1v) is 5.07. The van der Waals surface area contributed by atoms with Gasteiger partial charge in [-0.2, -0.15) is 5.26 Å². The maximum atomic E-state index is 11.7. The standard InChI is InChI=1S/C12H12N2O/c13-8-10-6-7-11(10)14-12(15)9-4-2-1-3-5-9/h1-5,10-11H,6-7H2,(H,14,15)/t10-,11-/m1/s1. The number of nitriles is 1. The average Bonchev–Trinajstić information content (AvgIpc) is 2.26. The fourth-order valence-electron chi connectivity index (χ4n) is 1.67. The highest BCUT2D eigenvalue weighted by atomic mass is 16.1. The molecule has 1 N–H and O–H groups in total. The summed E-state index contributed by atoms with van der Waals surface area (Å²) in [6, 6.07) is 11.3. The SMILES string of the molecule is N#C[C@H]1CC[C@H]1NC(=O)c1ccccc1. The van der Waals surface area contributed by atoms with E-state index in [4.69, 9.17) is 5.26 Å². The van der Waals surface area contributed by atoms with Crippen LogP contribution in [0.3, 0.4) is 0 Å². The first-order chi connectivity index (χ1) is 7.31. The minimum Gasteiger partial charge on any atom is -0.348 e. The van der Waals surface area contributed by atoms with E-state index < -0.39 is 0 Å². The fraction of sp³-hybridized carbons (Fsp3) is 0.333. The van der Waals surface area contributed by atoms with Crippen LogP contribution in [0.4, 0.5) is 0 Å². The first-order valence-electron chi connectivity index (χ1n) is 5.07. The number of hydrogen-bond donors (Lipinski definition) is 1. The molecule has 0 bridgehead atoms. The van der Waals surface area contributed by atoms with Crippen LogP contribution >= 0.6 is 0 Å². The van der Waals surface area contributed by atoms with E-state index >= 15 is 0 Å². The Labute approximate surface area is 88.7 Å². The van der Waals surface area contributed by atoms with Gasteiger partial charge in [-0.1, -0.05) is 18.2 Å². The van der Waals surface area contributed by atoms with E-state index in [1.807, 2.05) is 18.2 Å². The Morgan fingerprint density at radius 3 is 2.60 bits per heavy atom. The molecule has 1 aliphatic carbocycles. The summed E-state index contributed by atoms with van der Waals surface area (Å²) >= 11 is 0. The maximum Gasteiger partial charge on any atom is 0.251 e. The molecule has 0 aliphatic heterocycles. The number of carbonyl (C=O) groups excluding carboxylic acids is 1. The number of rotatable bonds is 2. The van der Waals surface area contributed by atoms with Crippen molar-refractivity contribution in [1.29, 1.82) is 5.26 Å². The third kappa shape index (κ3) is 1.99. The van der Waals surface area contributed by atoms with Crippen molar-refractivity contribution in [3.05, 3.63) is 35.9 Å². The molecule has 0 spiro atoms. The molecule has 0 heterocycles. The van der Waals surface area contributed by atoms with Crippen molar-refractivity contribution in [2.75, 3.05) is 0 Å². The normalized spacial score (nSPS) is 23.7. The van der Waals surface area contributed by atoms with Gasteiger partial charge in [0.15, 0.2) is 0 Å². The second-order valence-electron chi connectivity index (χ2n) is 3.76. The Kier molecular flexibility index (Phi) is 2.68. The van der Waals surface area contributed by atoms with Crippen LogP contribution < -0.4 is 5.32 Å². The Morgan fingerprint density at radius 1 is 1.33 bits per heavy atom. The quantitative estimate of drug-likeness (QED) is 0.790. The van der Waals surface area contributed by atoms with Gasteiger partial charge in [0, 0.05) is 11.6 Å². The molecule has 1 amide bonds. The van der Waals surface area contributed by atoms with Gasteiger partial charge in [-0.3, -0.25) is 4.79 Å². The van der Waals surface area contributed by atoms with E-state index in [0.29, 0.717) is 5.56 Å².